The van der Waals surface area contributed by atoms with Gasteiger partial charge in [-0.2, -0.15) is 0 Å². The second-order valence-electron chi connectivity index (χ2n) is 23.2. The molecule has 11 nitrogen and oxygen atoms in total. The number of aliphatic hydroxyl groups excluding tert-OH is 7. The maximum atomic E-state index is 13.2. The molecule has 450 valence electrons. The van der Waals surface area contributed by atoms with Gasteiger partial charge in [0.1, 0.15) is 36.6 Å². The summed E-state index contributed by atoms with van der Waals surface area (Å²) in [6, 6.07) is -1.19. The predicted octanol–water partition coefficient (Wildman–Crippen LogP) is 14.9. The number of hydrogen-bond acceptors (Lipinski definition) is 10. The third kappa shape index (κ3) is 41.6. The van der Waals surface area contributed by atoms with Crippen molar-refractivity contribution in [2.75, 3.05) is 13.2 Å². The molecule has 0 bridgehead atoms. The molecule has 1 amide bonds. The number of allylic oxidation sites excluding steroid dienone is 4. The van der Waals surface area contributed by atoms with Gasteiger partial charge < -0.3 is 50.5 Å². The van der Waals surface area contributed by atoms with Gasteiger partial charge >= 0.3 is 0 Å². The zero-order valence-electron chi connectivity index (χ0n) is 49.5. The Labute approximate surface area is 467 Å². The van der Waals surface area contributed by atoms with E-state index in [1.807, 2.05) is 0 Å². The highest BCUT2D eigenvalue weighted by Crippen LogP contribution is 2.24. The van der Waals surface area contributed by atoms with E-state index in [4.69, 9.17) is 9.47 Å². The summed E-state index contributed by atoms with van der Waals surface area (Å²) < 4.78 is 11.2. The maximum Gasteiger partial charge on any atom is 0.249 e. The van der Waals surface area contributed by atoms with E-state index < -0.39 is 74.2 Å². The summed E-state index contributed by atoms with van der Waals surface area (Å²) in [5, 5.41) is 76.3. The molecule has 0 aromatic rings. The van der Waals surface area contributed by atoms with Crippen molar-refractivity contribution in [1.29, 1.82) is 0 Å². The van der Waals surface area contributed by atoms with E-state index in [1.165, 1.54) is 231 Å². The Balaban J connectivity index is 2.26. The van der Waals surface area contributed by atoms with Crippen LogP contribution in [0.5, 0.6) is 0 Å². The molecule has 1 saturated heterocycles. The highest BCUT2D eigenvalue weighted by molar-refractivity contribution is 5.80. The average Bonchev–Trinajstić information content (AvgIpc) is 3.42. The Bertz CT molecular complexity index is 1280. The number of carbonyl (C=O) groups is 1. The van der Waals surface area contributed by atoms with Crippen LogP contribution in [-0.4, -0.2) is 110 Å². The molecule has 1 heterocycles. The fourth-order valence-electron chi connectivity index (χ4n) is 10.7. The van der Waals surface area contributed by atoms with Gasteiger partial charge in [0.15, 0.2) is 6.29 Å². The van der Waals surface area contributed by atoms with Crippen molar-refractivity contribution in [3.63, 3.8) is 0 Å². The van der Waals surface area contributed by atoms with E-state index in [9.17, 15) is 40.5 Å². The van der Waals surface area contributed by atoms with Crippen LogP contribution < -0.4 is 5.32 Å². The number of aliphatic hydroxyl groups is 7. The van der Waals surface area contributed by atoms with E-state index in [2.05, 4.69) is 43.5 Å². The molecule has 0 aromatic heterocycles. The van der Waals surface area contributed by atoms with Crippen molar-refractivity contribution < 1.29 is 50.0 Å². The Morgan fingerprint density at radius 2 is 0.776 bits per heavy atom. The SMILES string of the molecule is CCCCCCCCCCCCCC/C=C\CCCCCCCCCC(O)C(=O)NC(COC1OC(CO)C(O)C(O)C1O)C(O)C(O)CCC/C=C/CCCCCCCCCCCCCCCCCCCCCCC. The van der Waals surface area contributed by atoms with E-state index in [0.29, 0.717) is 12.8 Å². The Morgan fingerprint density at radius 3 is 1.13 bits per heavy atom. The van der Waals surface area contributed by atoms with Crippen LogP contribution in [0.2, 0.25) is 0 Å². The fourth-order valence-corrected chi connectivity index (χ4v) is 10.7. The van der Waals surface area contributed by atoms with Crippen LogP contribution in [0.25, 0.3) is 0 Å². The zero-order chi connectivity index (χ0) is 55.4. The topological polar surface area (TPSA) is 189 Å². The van der Waals surface area contributed by atoms with E-state index in [0.717, 1.165) is 44.9 Å². The van der Waals surface area contributed by atoms with Crippen molar-refractivity contribution in [1.82, 2.24) is 5.32 Å². The minimum Gasteiger partial charge on any atom is -0.394 e. The Kier molecular flexibility index (Phi) is 51.8. The third-order valence-electron chi connectivity index (χ3n) is 16.0. The Morgan fingerprint density at radius 1 is 0.447 bits per heavy atom. The summed E-state index contributed by atoms with van der Waals surface area (Å²) in [6.45, 7) is 3.49. The van der Waals surface area contributed by atoms with Crippen molar-refractivity contribution in [2.45, 2.75) is 371 Å². The fraction of sp³-hybridized carbons (Fsp3) is 0.923. The second kappa shape index (κ2) is 54.2. The van der Waals surface area contributed by atoms with E-state index >= 15 is 0 Å². The normalized spacial score (nSPS) is 19.7. The molecule has 0 spiro atoms. The first-order chi connectivity index (χ1) is 37.2. The summed E-state index contributed by atoms with van der Waals surface area (Å²) in [5.41, 5.74) is 0. The van der Waals surface area contributed by atoms with Gasteiger partial charge in [-0.25, -0.2) is 0 Å². The molecule has 9 atom stereocenters. The standard InChI is InChI=1S/C65H125NO10/c1-3-5-7-9-11-13-15-17-19-21-23-25-27-28-29-31-32-34-36-38-40-42-44-46-48-50-52-57(68)60(70)56(55-75-65-63(73)62(72)61(71)59(54-67)76-65)66-64(74)58(69)53-51-49-47-45-43-41-39-37-35-33-30-26-24-22-20-18-16-14-12-10-8-6-4-2/h33,35,44,46,56-63,65,67-73H,3-32,34,36-43,45,47-55H2,1-2H3,(H,66,74)/b35-33-,46-44+. The highest BCUT2D eigenvalue weighted by atomic mass is 16.7. The second-order valence-corrected chi connectivity index (χ2v) is 23.2. The van der Waals surface area contributed by atoms with Gasteiger partial charge in [-0.05, 0) is 64.2 Å². The molecule has 0 saturated carbocycles. The van der Waals surface area contributed by atoms with Crippen molar-refractivity contribution in [2.24, 2.45) is 0 Å². The van der Waals surface area contributed by atoms with Crippen LogP contribution >= 0.6 is 0 Å². The van der Waals surface area contributed by atoms with E-state index in [-0.39, 0.29) is 12.8 Å². The summed E-state index contributed by atoms with van der Waals surface area (Å²) in [6.07, 6.45) is 55.3. The number of carbonyl (C=O) groups excluding carboxylic acids is 1. The van der Waals surface area contributed by atoms with Gasteiger partial charge in [-0.15, -0.1) is 0 Å². The molecule has 0 aromatic carbocycles. The molecule has 0 aliphatic carbocycles. The highest BCUT2D eigenvalue weighted by Gasteiger charge is 2.44. The molecule has 1 aliphatic rings. The van der Waals surface area contributed by atoms with Crippen LogP contribution in [0.4, 0.5) is 0 Å². The molecular weight excluding hydrogens is 955 g/mol. The van der Waals surface area contributed by atoms with Gasteiger partial charge in [0, 0.05) is 0 Å². The number of unbranched alkanes of at least 4 members (excludes halogenated alkanes) is 41. The molecular formula is C65H125NO10. The maximum absolute atomic E-state index is 13.2. The molecule has 76 heavy (non-hydrogen) atoms. The first-order valence-electron chi connectivity index (χ1n) is 32.7. The lowest BCUT2D eigenvalue weighted by Gasteiger charge is -2.40. The smallest absolute Gasteiger partial charge is 0.249 e. The summed E-state index contributed by atoms with van der Waals surface area (Å²) in [7, 11) is 0. The van der Waals surface area contributed by atoms with Crippen LogP contribution in [0.3, 0.4) is 0 Å². The number of hydrogen-bond donors (Lipinski definition) is 8. The molecule has 1 aliphatic heterocycles. The van der Waals surface area contributed by atoms with E-state index in [1.54, 1.807) is 0 Å². The summed E-state index contributed by atoms with van der Waals surface area (Å²) >= 11 is 0. The van der Waals surface area contributed by atoms with Gasteiger partial charge in [0.2, 0.25) is 5.91 Å². The summed E-state index contributed by atoms with van der Waals surface area (Å²) in [4.78, 5) is 13.2. The molecule has 1 rings (SSSR count). The molecule has 0 radical (unpaired) electrons. The van der Waals surface area contributed by atoms with Crippen LogP contribution in [-0.2, 0) is 14.3 Å². The lowest BCUT2D eigenvalue weighted by Crippen LogP contribution is -2.60. The van der Waals surface area contributed by atoms with Crippen molar-refractivity contribution in [3.05, 3.63) is 24.3 Å². The quantitative estimate of drug-likeness (QED) is 0.0215. The molecule has 11 heteroatoms. The van der Waals surface area contributed by atoms with Gasteiger partial charge in [0.05, 0.1) is 25.4 Å². The minimum absolute atomic E-state index is 0.251. The largest absolute Gasteiger partial charge is 0.394 e. The monoisotopic (exact) mass is 1080 g/mol. The average molecular weight is 1080 g/mol. The summed E-state index contributed by atoms with van der Waals surface area (Å²) in [5.74, 6) is -0.705. The van der Waals surface area contributed by atoms with Crippen LogP contribution in [0.15, 0.2) is 24.3 Å². The number of rotatable bonds is 57. The van der Waals surface area contributed by atoms with Gasteiger partial charge in [0.25, 0.3) is 0 Å². The predicted molar refractivity (Wildman–Crippen MR) is 316 cm³/mol. The number of amides is 1. The van der Waals surface area contributed by atoms with Crippen molar-refractivity contribution in [3.8, 4) is 0 Å². The zero-order valence-corrected chi connectivity index (χ0v) is 49.5. The molecule has 8 N–H and O–H groups in total. The number of ether oxygens (including phenoxy) is 2. The molecule has 9 unspecified atom stereocenters. The van der Waals surface area contributed by atoms with Crippen molar-refractivity contribution >= 4 is 5.91 Å². The van der Waals surface area contributed by atoms with Gasteiger partial charge in [-0.3, -0.25) is 4.79 Å². The minimum atomic E-state index is -1.67. The lowest BCUT2D eigenvalue weighted by atomic mass is 9.98. The molecule has 1 fully saturated rings. The first kappa shape index (κ1) is 72.6. The van der Waals surface area contributed by atoms with Crippen LogP contribution in [0, 0.1) is 0 Å². The Hall–Kier alpha value is -1.41. The van der Waals surface area contributed by atoms with Crippen LogP contribution in [0.1, 0.15) is 316 Å². The first-order valence-corrected chi connectivity index (χ1v) is 32.7. The third-order valence-corrected chi connectivity index (χ3v) is 16.0. The van der Waals surface area contributed by atoms with Gasteiger partial charge in [-0.1, -0.05) is 276 Å². The number of nitrogens with one attached hydrogen (secondary N) is 1. The lowest BCUT2D eigenvalue weighted by molar-refractivity contribution is -0.303.